The second kappa shape index (κ2) is 10.2. The first-order valence-corrected chi connectivity index (χ1v) is 10.2. The lowest BCUT2D eigenvalue weighted by molar-refractivity contribution is 0.209. The zero-order valence-electron chi connectivity index (χ0n) is 16.9. The standard InChI is InChI=1S/C23H27N5O.ClH/c24-23(25)28-21-8-4-7-19-20(13-14-26-22(19)21)27-17-9-11-18(12-10-17)29-15-16-5-2-1-3-6-16;/h4,7-14,16H,1-3,5-6,15H2,(H,26,27)(H4,24,25,28);1H. The van der Waals surface area contributed by atoms with Crippen molar-refractivity contribution >= 4 is 46.3 Å². The molecule has 0 saturated heterocycles. The Morgan fingerprint density at radius 3 is 2.53 bits per heavy atom. The van der Waals surface area contributed by atoms with Gasteiger partial charge in [-0.2, -0.15) is 0 Å². The van der Waals surface area contributed by atoms with Crippen LogP contribution in [0.4, 0.5) is 17.1 Å². The second-order valence-electron chi connectivity index (χ2n) is 7.56. The summed E-state index contributed by atoms with van der Waals surface area (Å²) in [7, 11) is 0. The first-order chi connectivity index (χ1) is 14.2. The number of nitrogens with zero attached hydrogens (tertiary/aromatic N) is 1. The summed E-state index contributed by atoms with van der Waals surface area (Å²) in [5, 5.41) is 14.7. The van der Waals surface area contributed by atoms with Crippen molar-refractivity contribution < 1.29 is 4.74 Å². The number of nitrogens with one attached hydrogen (secondary N) is 3. The number of pyridine rings is 1. The number of benzene rings is 2. The fraction of sp³-hybridized carbons (Fsp3) is 0.304. The van der Waals surface area contributed by atoms with E-state index in [0.29, 0.717) is 11.6 Å². The van der Waals surface area contributed by atoms with Crippen molar-refractivity contribution in [1.82, 2.24) is 4.98 Å². The van der Waals surface area contributed by atoms with E-state index in [-0.39, 0.29) is 18.4 Å². The van der Waals surface area contributed by atoms with Crippen molar-refractivity contribution in [2.24, 2.45) is 11.7 Å². The van der Waals surface area contributed by atoms with E-state index in [1.165, 1.54) is 32.1 Å². The summed E-state index contributed by atoms with van der Waals surface area (Å²) >= 11 is 0. The molecule has 30 heavy (non-hydrogen) atoms. The summed E-state index contributed by atoms with van der Waals surface area (Å²) in [5.41, 5.74) is 8.88. The van der Waals surface area contributed by atoms with Crippen molar-refractivity contribution in [2.45, 2.75) is 32.1 Å². The van der Waals surface area contributed by atoms with Gasteiger partial charge in [0.15, 0.2) is 5.96 Å². The molecule has 1 aromatic heterocycles. The van der Waals surface area contributed by atoms with Crippen molar-refractivity contribution in [3.05, 3.63) is 54.7 Å². The van der Waals surface area contributed by atoms with Crippen LogP contribution in [0.3, 0.4) is 0 Å². The van der Waals surface area contributed by atoms with Crippen LogP contribution in [0, 0.1) is 11.3 Å². The van der Waals surface area contributed by atoms with Crippen molar-refractivity contribution in [3.8, 4) is 5.75 Å². The monoisotopic (exact) mass is 425 g/mol. The molecule has 1 fully saturated rings. The molecule has 0 atom stereocenters. The van der Waals surface area contributed by atoms with Crippen LogP contribution < -0.4 is 21.1 Å². The maximum Gasteiger partial charge on any atom is 0.190 e. The van der Waals surface area contributed by atoms with Crippen LogP contribution in [0.1, 0.15) is 32.1 Å². The van der Waals surface area contributed by atoms with Gasteiger partial charge in [0.05, 0.1) is 17.8 Å². The average molecular weight is 426 g/mol. The van der Waals surface area contributed by atoms with Crippen molar-refractivity contribution in [3.63, 3.8) is 0 Å². The van der Waals surface area contributed by atoms with E-state index in [9.17, 15) is 0 Å². The minimum absolute atomic E-state index is 0. The minimum Gasteiger partial charge on any atom is -0.493 e. The first-order valence-electron chi connectivity index (χ1n) is 10.2. The van der Waals surface area contributed by atoms with Gasteiger partial charge in [0, 0.05) is 23.0 Å². The third-order valence-corrected chi connectivity index (χ3v) is 5.38. The Labute approximate surface area is 183 Å². The van der Waals surface area contributed by atoms with Crippen molar-refractivity contribution in [1.29, 1.82) is 5.41 Å². The molecule has 1 aliphatic rings. The number of guanidine groups is 1. The van der Waals surface area contributed by atoms with Crippen LogP contribution in [0.15, 0.2) is 54.7 Å². The quantitative estimate of drug-likeness (QED) is 0.301. The van der Waals surface area contributed by atoms with Gasteiger partial charge in [-0.05, 0) is 55.2 Å². The lowest BCUT2D eigenvalue weighted by atomic mass is 9.90. The van der Waals surface area contributed by atoms with Crippen LogP contribution in [0.5, 0.6) is 5.75 Å². The zero-order chi connectivity index (χ0) is 20.1. The van der Waals surface area contributed by atoms with Gasteiger partial charge < -0.3 is 21.1 Å². The fourth-order valence-electron chi connectivity index (χ4n) is 3.89. The highest BCUT2D eigenvalue weighted by atomic mass is 35.5. The predicted octanol–water partition coefficient (Wildman–Crippen LogP) is 5.66. The van der Waals surface area contributed by atoms with Crippen LogP contribution in [0.2, 0.25) is 0 Å². The SMILES string of the molecule is Cl.N=C(N)Nc1cccc2c(Nc3ccc(OCC4CCCCC4)cc3)ccnc12. The molecule has 0 bridgehead atoms. The van der Waals surface area contributed by atoms with E-state index in [1.54, 1.807) is 6.20 Å². The summed E-state index contributed by atoms with van der Waals surface area (Å²) in [4.78, 5) is 4.44. The molecular weight excluding hydrogens is 398 g/mol. The molecule has 1 aliphatic carbocycles. The Balaban J connectivity index is 0.00000256. The number of hydrogen-bond donors (Lipinski definition) is 4. The highest BCUT2D eigenvalue weighted by Crippen LogP contribution is 2.30. The van der Waals surface area contributed by atoms with Crippen molar-refractivity contribution in [2.75, 3.05) is 17.2 Å². The van der Waals surface area contributed by atoms with E-state index in [4.69, 9.17) is 15.9 Å². The van der Waals surface area contributed by atoms with E-state index < -0.39 is 0 Å². The van der Waals surface area contributed by atoms with Crippen LogP contribution >= 0.6 is 12.4 Å². The Kier molecular flexibility index (Phi) is 7.36. The van der Waals surface area contributed by atoms with Gasteiger partial charge in [0.2, 0.25) is 0 Å². The summed E-state index contributed by atoms with van der Waals surface area (Å²) in [6.07, 6.45) is 8.36. The highest BCUT2D eigenvalue weighted by molar-refractivity contribution is 6.04. The molecule has 158 valence electrons. The van der Waals surface area contributed by atoms with Crippen LogP contribution in [-0.4, -0.2) is 17.6 Å². The lowest BCUT2D eigenvalue weighted by Gasteiger charge is -2.21. The molecule has 0 unspecified atom stereocenters. The fourth-order valence-corrected chi connectivity index (χ4v) is 3.89. The van der Waals surface area contributed by atoms with Crippen LogP contribution in [-0.2, 0) is 0 Å². The maximum absolute atomic E-state index is 7.47. The molecular formula is C23H28ClN5O. The summed E-state index contributed by atoms with van der Waals surface area (Å²) in [5.74, 6) is 1.50. The molecule has 2 aromatic carbocycles. The zero-order valence-corrected chi connectivity index (χ0v) is 17.7. The number of aromatic nitrogens is 1. The predicted molar refractivity (Wildman–Crippen MR) is 126 cm³/mol. The molecule has 0 amide bonds. The number of halogens is 1. The molecule has 1 saturated carbocycles. The van der Waals surface area contributed by atoms with Gasteiger partial charge in [-0.1, -0.05) is 31.4 Å². The highest BCUT2D eigenvalue weighted by Gasteiger charge is 2.14. The molecule has 5 N–H and O–H groups in total. The number of fused-ring (bicyclic) bond motifs is 1. The summed E-state index contributed by atoms with van der Waals surface area (Å²) in [6, 6.07) is 15.8. The second-order valence-corrected chi connectivity index (χ2v) is 7.56. The third kappa shape index (κ3) is 5.33. The molecule has 0 spiro atoms. The van der Waals surface area contributed by atoms with E-state index in [0.717, 1.165) is 34.6 Å². The number of rotatable bonds is 6. The van der Waals surface area contributed by atoms with Gasteiger partial charge in [-0.15, -0.1) is 12.4 Å². The number of ether oxygens (including phenoxy) is 1. The normalized spacial score (nSPS) is 14.0. The number of anilines is 3. The first kappa shape index (κ1) is 21.7. The van der Waals surface area contributed by atoms with Gasteiger partial charge in [0.1, 0.15) is 5.75 Å². The smallest absolute Gasteiger partial charge is 0.190 e. The molecule has 7 heteroatoms. The molecule has 0 aliphatic heterocycles. The van der Waals surface area contributed by atoms with Gasteiger partial charge in [-0.25, -0.2) is 0 Å². The number of para-hydroxylation sites is 1. The van der Waals surface area contributed by atoms with Crippen LogP contribution in [0.25, 0.3) is 10.9 Å². The minimum atomic E-state index is -0.110. The lowest BCUT2D eigenvalue weighted by Crippen LogP contribution is -2.20. The Morgan fingerprint density at radius 2 is 1.80 bits per heavy atom. The molecule has 6 nitrogen and oxygen atoms in total. The molecule has 1 heterocycles. The van der Waals surface area contributed by atoms with E-state index in [2.05, 4.69) is 15.6 Å². The van der Waals surface area contributed by atoms with Gasteiger partial charge in [0.25, 0.3) is 0 Å². The van der Waals surface area contributed by atoms with Gasteiger partial charge in [-0.3, -0.25) is 10.4 Å². The molecule has 3 aromatic rings. The number of nitrogens with two attached hydrogens (primary N) is 1. The summed E-state index contributed by atoms with van der Waals surface area (Å²) in [6.45, 7) is 0.813. The summed E-state index contributed by atoms with van der Waals surface area (Å²) < 4.78 is 6.00. The van der Waals surface area contributed by atoms with E-state index >= 15 is 0 Å². The maximum atomic E-state index is 7.47. The topological polar surface area (TPSA) is 96.1 Å². The van der Waals surface area contributed by atoms with Gasteiger partial charge >= 0.3 is 0 Å². The third-order valence-electron chi connectivity index (χ3n) is 5.38. The Bertz CT molecular complexity index is 987. The van der Waals surface area contributed by atoms with E-state index in [1.807, 2.05) is 48.5 Å². The Hall–Kier alpha value is -2.99. The number of hydrogen-bond acceptors (Lipinski definition) is 4. The molecule has 0 radical (unpaired) electrons. The average Bonchev–Trinajstić information content (AvgIpc) is 2.74. The molecule has 4 rings (SSSR count). The Morgan fingerprint density at radius 1 is 1.03 bits per heavy atom. The largest absolute Gasteiger partial charge is 0.493 e.